The van der Waals surface area contributed by atoms with Gasteiger partial charge in [0.25, 0.3) is 0 Å². The first-order valence-electron chi connectivity index (χ1n) is 12.3. The molecule has 1 aliphatic heterocycles. The first-order valence-corrected chi connectivity index (χ1v) is 12.3. The van der Waals surface area contributed by atoms with Crippen LogP contribution in [0.5, 0.6) is 0 Å². The normalized spacial score (nSPS) is 14.2. The zero-order chi connectivity index (χ0) is 28.3. The van der Waals surface area contributed by atoms with Gasteiger partial charge in [0, 0.05) is 19.6 Å². The number of imide groups is 1. The Morgan fingerprint density at radius 2 is 1.50 bits per heavy atom. The van der Waals surface area contributed by atoms with Crippen molar-refractivity contribution in [1.82, 2.24) is 9.78 Å². The molecule has 1 aromatic heterocycles. The van der Waals surface area contributed by atoms with Gasteiger partial charge in [-0.1, -0.05) is 12.1 Å². The maximum atomic E-state index is 13.6. The summed E-state index contributed by atoms with van der Waals surface area (Å²) < 4.78 is 23.1. The Kier molecular flexibility index (Phi) is 8.68. The molecule has 12 nitrogen and oxygen atoms in total. The number of carbonyl (C=O) groups is 3. The van der Waals surface area contributed by atoms with Gasteiger partial charge in [-0.25, -0.2) is 19.1 Å². The highest BCUT2D eigenvalue weighted by Gasteiger charge is 2.41. The van der Waals surface area contributed by atoms with Crippen molar-refractivity contribution in [1.29, 1.82) is 0 Å². The third-order valence-corrected chi connectivity index (χ3v) is 5.32. The molecule has 2 amide bonds. The molecule has 0 bridgehead atoms. The Morgan fingerprint density at radius 3 is 1.95 bits per heavy atom. The summed E-state index contributed by atoms with van der Waals surface area (Å²) in [5.74, 6) is -0.611. The highest BCUT2D eigenvalue weighted by Crippen LogP contribution is 2.37. The molecule has 1 aromatic carbocycles. The Hall–Kier alpha value is -3.64. The molecule has 2 aromatic rings. The molecule has 208 valence electrons. The number of rotatable bonds is 5. The highest BCUT2D eigenvalue weighted by atomic mass is 16.6. The second kappa shape index (κ2) is 11.4. The minimum Gasteiger partial charge on any atom is -0.464 e. The molecule has 2 heterocycles. The summed E-state index contributed by atoms with van der Waals surface area (Å²) in [4.78, 5) is 43.0. The van der Waals surface area contributed by atoms with Crippen molar-refractivity contribution in [2.75, 3.05) is 43.2 Å². The molecule has 3 rings (SSSR count). The number of morpholine rings is 1. The summed E-state index contributed by atoms with van der Waals surface area (Å²) in [6.45, 7) is 12.0. The third kappa shape index (κ3) is 6.81. The molecular weight excluding hydrogens is 494 g/mol. The van der Waals surface area contributed by atoms with Crippen LogP contribution in [0.4, 0.5) is 21.1 Å². The van der Waals surface area contributed by atoms with E-state index >= 15 is 0 Å². The van der Waals surface area contributed by atoms with Gasteiger partial charge in [0.15, 0.2) is 11.5 Å². The van der Waals surface area contributed by atoms with Gasteiger partial charge in [-0.15, -0.1) is 5.10 Å². The van der Waals surface area contributed by atoms with Crippen molar-refractivity contribution in [2.24, 2.45) is 5.73 Å². The zero-order valence-corrected chi connectivity index (χ0v) is 23.1. The average molecular weight is 532 g/mol. The Morgan fingerprint density at radius 1 is 0.974 bits per heavy atom. The smallest absolute Gasteiger partial charge is 0.424 e. The number of hydrogen-bond acceptors (Lipinski definition) is 10. The van der Waals surface area contributed by atoms with Crippen molar-refractivity contribution >= 4 is 29.7 Å². The van der Waals surface area contributed by atoms with Gasteiger partial charge in [0.2, 0.25) is 0 Å². The molecule has 1 aliphatic rings. The van der Waals surface area contributed by atoms with Crippen molar-refractivity contribution in [3.05, 3.63) is 35.5 Å². The van der Waals surface area contributed by atoms with Gasteiger partial charge in [-0.2, -0.15) is 4.90 Å². The number of nitrogens with two attached hydrogens (primary N) is 1. The van der Waals surface area contributed by atoms with Crippen LogP contribution in [0.3, 0.4) is 0 Å². The maximum absolute atomic E-state index is 13.6. The quantitative estimate of drug-likeness (QED) is 0.449. The summed E-state index contributed by atoms with van der Waals surface area (Å²) in [5, 5.41) is 4.70. The number of nitrogens with zero attached hydrogens (tertiary/aromatic N) is 4. The molecule has 0 radical (unpaired) electrons. The van der Waals surface area contributed by atoms with Crippen LogP contribution >= 0.6 is 0 Å². The molecular formula is C26H37N5O7. The largest absolute Gasteiger partial charge is 0.464 e. The van der Waals surface area contributed by atoms with Gasteiger partial charge >= 0.3 is 18.2 Å². The second-order valence-electron chi connectivity index (χ2n) is 10.7. The lowest BCUT2D eigenvalue weighted by Gasteiger charge is -2.31. The number of esters is 1. The van der Waals surface area contributed by atoms with Crippen LogP contribution < -0.4 is 15.5 Å². The standard InChI is InChI=1S/C26H37N5O7/c1-25(2,3)37-23(33)30(24(34)38-26(4,5)6)19-20(22(32)35-7)31(18-10-8-17(16-27)9-11-18)28-21(19)29-12-14-36-15-13-29/h8-11H,12-16,27H2,1-7H3. The molecule has 0 atom stereocenters. The van der Waals surface area contributed by atoms with E-state index in [4.69, 9.17) is 29.8 Å². The van der Waals surface area contributed by atoms with E-state index in [-0.39, 0.29) is 17.2 Å². The fourth-order valence-corrected chi connectivity index (χ4v) is 3.70. The molecule has 0 aliphatic carbocycles. The van der Waals surface area contributed by atoms with Gasteiger partial charge in [-0.05, 0) is 59.2 Å². The number of ether oxygens (including phenoxy) is 4. The van der Waals surface area contributed by atoms with Gasteiger partial charge in [-0.3, -0.25) is 0 Å². The van der Waals surface area contributed by atoms with Crippen LogP contribution in [0, 0.1) is 0 Å². The number of anilines is 2. The van der Waals surface area contributed by atoms with E-state index in [1.807, 2.05) is 4.90 Å². The van der Waals surface area contributed by atoms with Gasteiger partial charge in [0.1, 0.15) is 16.9 Å². The van der Waals surface area contributed by atoms with Crippen LogP contribution in [0.25, 0.3) is 5.69 Å². The molecule has 0 unspecified atom stereocenters. The fraction of sp³-hybridized carbons (Fsp3) is 0.538. The summed E-state index contributed by atoms with van der Waals surface area (Å²) >= 11 is 0. The van der Waals surface area contributed by atoms with Gasteiger partial charge in [0.05, 0.1) is 26.0 Å². The monoisotopic (exact) mass is 531 g/mol. The molecule has 0 spiro atoms. The number of amides is 2. The maximum Gasteiger partial charge on any atom is 0.424 e. The van der Waals surface area contributed by atoms with Crippen molar-refractivity contribution in [3.63, 3.8) is 0 Å². The number of aromatic nitrogens is 2. The van der Waals surface area contributed by atoms with Gasteiger partial charge < -0.3 is 29.6 Å². The van der Waals surface area contributed by atoms with E-state index in [1.54, 1.807) is 65.8 Å². The number of hydrogen-bond donors (Lipinski definition) is 1. The van der Waals surface area contributed by atoms with Crippen LogP contribution in [0.1, 0.15) is 57.6 Å². The summed E-state index contributed by atoms with van der Waals surface area (Å²) in [7, 11) is 1.21. The van der Waals surface area contributed by atoms with Crippen LogP contribution in [-0.4, -0.2) is 72.6 Å². The number of methoxy groups -OCH3 is 1. The fourth-order valence-electron chi connectivity index (χ4n) is 3.70. The number of carbonyl (C=O) groups excluding carboxylic acids is 3. The van der Waals surface area contributed by atoms with Crippen LogP contribution in [-0.2, 0) is 25.5 Å². The Bertz CT molecular complexity index is 1130. The highest BCUT2D eigenvalue weighted by molar-refractivity contribution is 6.15. The van der Waals surface area contributed by atoms with E-state index in [0.717, 1.165) is 5.56 Å². The van der Waals surface area contributed by atoms with E-state index in [2.05, 4.69) is 0 Å². The number of benzene rings is 1. The van der Waals surface area contributed by atoms with Crippen molar-refractivity contribution in [2.45, 2.75) is 59.3 Å². The topological polar surface area (TPSA) is 138 Å². The Balaban J connectivity index is 2.33. The zero-order valence-electron chi connectivity index (χ0n) is 23.1. The third-order valence-electron chi connectivity index (χ3n) is 5.32. The summed E-state index contributed by atoms with van der Waals surface area (Å²) in [6, 6.07) is 7.07. The van der Waals surface area contributed by atoms with Crippen molar-refractivity contribution in [3.8, 4) is 5.69 Å². The van der Waals surface area contributed by atoms with Crippen LogP contribution in [0.15, 0.2) is 24.3 Å². The average Bonchev–Trinajstić information content (AvgIpc) is 3.22. The molecule has 2 N–H and O–H groups in total. The van der Waals surface area contributed by atoms with Crippen LogP contribution in [0.2, 0.25) is 0 Å². The molecule has 12 heteroatoms. The molecule has 38 heavy (non-hydrogen) atoms. The summed E-state index contributed by atoms with van der Waals surface area (Å²) in [6.07, 6.45) is -2.05. The molecule has 1 fully saturated rings. The summed E-state index contributed by atoms with van der Waals surface area (Å²) in [5.41, 5.74) is 4.97. The predicted octanol–water partition coefficient (Wildman–Crippen LogP) is 3.63. The minimum absolute atomic E-state index is 0.106. The van der Waals surface area contributed by atoms with E-state index < -0.39 is 29.4 Å². The van der Waals surface area contributed by atoms with E-state index in [1.165, 1.54) is 11.8 Å². The first-order chi connectivity index (χ1) is 17.8. The predicted molar refractivity (Wildman–Crippen MR) is 141 cm³/mol. The second-order valence-corrected chi connectivity index (χ2v) is 10.7. The van der Waals surface area contributed by atoms with E-state index in [0.29, 0.717) is 43.4 Å². The first kappa shape index (κ1) is 28.9. The lowest BCUT2D eigenvalue weighted by Crippen LogP contribution is -2.45. The van der Waals surface area contributed by atoms with E-state index in [9.17, 15) is 14.4 Å². The molecule has 0 saturated carbocycles. The lowest BCUT2D eigenvalue weighted by atomic mass is 10.2. The molecule has 1 saturated heterocycles. The van der Waals surface area contributed by atoms with Crippen molar-refractivity contribution < 1.29 is 33.3 Å². The minimum atomic E-state index is -1.02. The lowest BCUT2D eigenvalue weighted by molar-refractivity contribution is 0.0430. The SMILES string of the molecule is COC(=O)c1c(N(C(=O)OC(C)(C)C)C(=O)OC(C)(C)C)c(N2CCOCC2)nn1-c1ccc(CN)cc1. The Labute approximate surface area is 222 Å².